The highest BCUT2D eigenvalue weighted by Gasteiger charge is 2.34. The first-order chi connectivity index (χ1) is 9.75. The van der Waals surface area contributed by atoms with E-state index in [1.807, 2.05) is 0 Å². The van der Waals surface area contributed by atoms with Gasteiger partial charge in [-0.3, -0.25) is 9.69 Å². The average molecular weight is 308 g/mol. The second-order valence-electron chi connectivity index (χ2n) is 4.92. The third-order valence-electron chi connectivity index (χ3n) is 3.18. The van der Waals surface area contributed by atoms with Crippen LogP contribution in [0.15, 0.2) is 24.3 Å². The van der Waals surface area contributed by atoms with Crippen LogP contribution in [0, 0.1) is 5.92 Å². The summed E-state index contributed by atoms with van der Waals surface area (Å²) < 4.78 is 62.0. The van der Waals surface area contributed by atoms with E-state index in [2.05, 4.69) is 5.32 Å². The number of benzene rings is 1. The molecule has 0 atom stereocenters. The van der Waals surface area contributed by atoms with Crippen molar-refractivity contribution >= 4 is 11.6 Å². The fourth-order valence-corrected chi connectivity index (χ4v) is 2.08. The van der Waals surface area contributed by atoms with Crippen LogP contribution in [0.25, 0.3) is 0 Å². The molecule has 21 heavy (non-hydrogen) atoms. The minimum Gasteiger partial charge on any atom is -0.325 e. The van der Waals surface area contributed by atoms with Gasteiger partial charge in [0.25, 0.3) is 0 Å². The monoisotopic (exact) mass is 308 g/mol. The Morgan fingerprint density at radius 2 is 2.00 bits per heavy atom. The van der Waals surface area contributed by atoms with Gasteiger partial charge in [0.15, 0.2) is 0 Å². The SMILES string of the molecule is O=C(CN1CC(C(F)F)C1)Nc1cccc(C(F)(F)F)c1. The normalized spacial score (nSPS) is 16.9. The van der Waals surface area contributed by atoms with Crippen molar-refractivity contribution in [1.82, 2.24) is 4.90 Å². The molecule has 0 unspecified atom stereocenters. The molecule has 0 aromatic heterocycles. The number of rotatable bonds is 4. The maximum Gasteiger partial charge on any atom is 0.416 e. The summed E-state index contributed by atoms with van der Waals surface area (Å²) in [6, 6.07) is 4.26. The molecule has 8 heteroatoms. The molecule has 0 radical (unpaired) electrons. The molecule has 1 aliphatic heterocycles. The van der Waals surface area contributed by atoms with Gasteiger partial charge in [-0.1, -0.05) is 6.07 Å². The first-order valence-corrected chi connectivity index (χ1v) is 6.23. The van der Waals surface area contributed by atoms with Crippen LogP contribution in [0.3, 0.4) is 0 Å². The molecule has 116 valence electrons. The maximum atomic E-state index is 12.5. The predicted molar refractivity (Wildman–Crippen MR) is 66.0 cm³/mol. The van der Waals surface area contributed by atoms with Crippen molar-refractivity contribution in [2.75, 3.05) is 25.0 Å². The third kappa shape index (κ3) is 4.13. The van der Waals surface area contributed by atoms with Gasteiger partial charge in [0, 0.05) is 24.7 Å². The molecule has 1 aromatic rings. The van der Waals surface area contributed by atoms with E-state index in [1.165, 1.54) is 17.0 Å². The summed E-state index contributed by atoms with van der Waals surface area (Å²) in [5.74, 6) is -1.26. The van der Waals surface area contributed by atoms with E-state index in [0.29, 0.717) is 0 Å². The van der Waals surface area contributed by atoms with Crippen LogP contribution in [-0.4, -0.2) is 36.9 Å². The molecule has 3 nitrogen and oxygen atoms in total. The van der Waals surface area contributed by atoms with Crippen LogP contribution in [0.2, 0.25) is 0 Å². The summed E-state index contributed by atoms with van der Waals surface area (Å²) in [4.78, 5) is 13.1. The van der Waals surface area contributed by atoms with Crippen molar-refractivity contribution in [3.8, 4) is 0 Å². The first kappa shape index (κ1) is 15.7. The lowest BCUT2D eigenvalue weighted by atomic mass is 10.0. The van der Waals surface area contributed by atoms with Gasteiger partial charge in [0.05, 0.1) is 12.1 Å². The van der Waals surface area contributed by atoms with E-state index < -0.39 is 30.0 Å². The van der Waals surface area contributed by atoms with Gasteiger partial charge in [-0.15, -0.1) is 0 Å². The van der Waals surface area contributed by atoms with E-state index in [4.69, 9.17) is 0 Å². The number of carbonyl (C=O) groups excluding carboxylic acids is 1. The molecule has 0 saturated carbocycles. The number of halogens is 5. The van der Waals surface area contributed by atoms with Crippen molar-refractivity contribution in [3.63, 3.8) is 0 Å². The van der Waals surface area contributed by atoms with E-state index in [-0.39, 0.29) is 25.3 Å². The Morgan fingerprint density at radius 3 is 2.57 bits per heavy atom. The van der Waals surface area contributed by atoms with Crippen molar-refractivity contribution in [3.05, 3.63) is 29.8 Å². The van der Waals surface area contributed by atoms with Gasteiger partial charge in [0.2, 0.25) is 12.3 Å². The molecular formula is C13H13F5N2O. The Morgan fingerprint density at radius 1 is 1.33 bits per heavy atom. The van der Waals surface area contributed by atoms with E-state index >= 15 is 0 Å². The van der Waals surface area contributed by atoms with Gasteiger partial charge in [-0.25, -0.2) is 8.78 Å². The second kappa shape index (κ2) is 5.97. The number of hydrogen-bond acceptors (Lipinski definition) is 2. The number of nitrogens with one attached hydrogen (secondary N) is 1. The molecule has 0 spiro atoms. The first-order valence-electron chi connectivity index (χ1n) is 6.23. The van der Waals surface area contributed by atoms with Crippen LogP contribution in [0.5, 0.6) is 0 Å². The smallest absolute Gasteiger partial charge is 0.325 e. The highest BCUT2D eigenvalue weighted by molar-refractivity contribution is 5.92. The molecule has 1 saturated heterocycles. The topological polar surface area (TPSA) is 32.3 Å². The second-order valence-corrected chi connectivity index (χ2v) is 4.92. The lowest BCUT2D eigenvalue weighted by molar-refractivity contribution is -0.137. The zero-order valence-electron chi connectivity index (χ0n) is 10.8. The van der Waals surface area contributed by atoms with Crippen LogP contribution < -0.4 is 5.32 Å². The fraction of sp³-hybridized carbons (Fsp3) is 0.462. The summed E-state index contributed by atoms with van der Waals surface area (Å²) in [6.07, 6.45) is -6.89. The third-order valence-corrected chi connectivity index (χ3v) is 3.18. The Balaban J connectivity index is 1.86. The Hall–Kier alpha value is -1.70. The molecule has 2 rings (SSSR count). The van der Waals surface area contributed by atoms with Gasteiger partial charge >= 0.3 is 6.18 Å². The van der Waals surface area contributed by atoms with E-state index in [0.717, 1.165) is 12.1 Å². The summed E-state index contributed by atoms with van der Waals surface area (Å²) >= 11 is 0. The summed E-state index contributed by atoms with van der Waals surface area (Å²) in [7, 11) is 0. The Kier molecular flexibility index (Phi) is 4.46. The maximum absolute atomic E-state index is 12.5. The number of likely N-dealkylation sites (tertiary alicyclic amines) is 1. The largest absolute Gasteiger partial charge is 0.416 e. The number of anilines is 1. The summed E-state index contributed by atoms with van der Waals surface area (Å²) in [5, 5.41) is 2.33. The van der Waals surface area contributed by atoms with Crippen LogP contribution >= 0.6 is 0 Å². The van der Waals surface area contributed by atoms with Gasteiger partial charge in [-0.2, -0.15) is 13.2 Å². The van der Waals surface area contributed by atoms with E-state index in [9.17, 15) is 26.7 Å². The van der Waals surface area contributed by atoms with Crippen LogP contribution in [-0.2, 0) is 11.0 Å². The average Bonchev–Trinajstić information content (AvgIpc) is 2.32. The molecule has 0 bridgehead atoms. The van der Waals surface area contributed by atoms with Crippen molar-refractivity contribution in [1.29, 1.82) is 0 Å². The molecular weight excluding hydrogens is 295 g/mol. The van der Waals surface area contributed by atoms with Gasteiger partial charge in [-0.05, 0) is 18.2 Å². The number of alkyl halides is 5. The minimum atomic E-state index is -4.48. The van der Waals surface area contributed by atoms with Crippen molar-refractivity contribution in [2.45, 2.75) is 12.6 Å². The number of hydrogen-bond donors (Lipinski definition) is 1. The van der Waals surface area contributed by atoms with Gasteiger partial charge < -0.3 is 5.32 Å². The molecule has 0 aliphatic carbocycles. The highest BCUT2D eigenvalue weighted by Crippen LogP contribution is 2.30. The Bertz CT molecular complexity index is 512. The molecule has 1 heterocycles. The number of carbonyl (C=O) groups is 1. The van der Waals surface area contributed by atoms with Crippen molar-refractivity contribution in [2.24, 2.45) is 5.92 Å². The summed E-state index contributed by atoms with van der Waals surface area (Å²) in [5.41, 5.74) is -0.831. The minimum absolute atomic E-state index is 0.0285. The highest BCUT2D eigenvalue weighted by atomic mass is 19.4. The van der Waals surface area contributed by atoms with Crippen molar-refractivity contribution < 1.29 is 26.7 Å². The zero-order chi connectivity index (χ0) is 15.6. The fourth-order valence-electron chi connectivity index (χ4n) is 2.08. The summed E-state index contributed by atoms with van der Waals surface area (Å²) in [6.45, 7) is 0.126. The zero-order valence-corrected chi connectivity index (χ0v) is 10.8. The molecule has 1 N–H and O–H groups in total. The molecule has 1 aliphatic rings. The molecule has 1 fully saturated rings. The number of nitrogens with zero attached hydrogens (tertiary/aromatic N) is 1. The lowest BCUT2D eigenvalue weighted by Gasteiger charge is -2.38. The quantitative estimate of drug-likeness (QED) is 0.868. The standard InChI is InChI=1S/C13H13F5N2O/c14-12(15)8-5-20(6-8)7-11(21)19-10-3-1-2-9(4-10)13(16,17)18/h1-4,8,12H,5-7H2,(H,19,21). The number of amides is 1. The predicted octanol–water partition coefficient (Wildman–Crippen LogP) is 2.84. The molecule has 1 aromatic carbocycles. The lowest BCUT2D eigenvalue weighted by Crippen LogP contribution is -2.52. The van der Waals surface area contributed by atoms with Crippen LogP contribution in [0.1, 0.15) is 5.56 Å². The Labute approximate surface area is 117 Å². The van der Waals surface area contributed by atoms with Crippen LogP contribution in [0.4, 0.5) is 27.6 Å². The van der Waals surface area contributed by atoms with Gasteiger partial charge in [0.1, 0.15) is 0 Å². The van der Waals surface area contributed by atoms with E-state index in [1.54, 1.807) is 0 Å². The molecule has 1 amide bonds.